The van der Waals surface area contributed by atoms with Crippen molar-refractivity contribution in [2.75, 3.05) is 5.32 Å². The summed E-state index contributed by atoms with van der Waals surface area (Å²) in [5, 5.41) is 2.74. The van der Waals surface area contributed by atoms with E-state index in [1.54, 1.807) is 12.1 Å². The lowest BCUT2D eigenvalue weighted by Gasteiger charge is -2.13. The summed E-state index contributed by atoms with van der Waals surface area (Å²) in [6.07, 6.45) is 0.653. The molecule has 108 valence electrons. The van der Waals surface area contributed by atoms with Gasteiger partial charge in [-0.3, -0.25) is 4.79 Å². The van der Waals surface area contributed by atoms with Gasteiger partial charge in [-0.1, -0.05) is 29.8 Å². The number of amides is 1. The van der Waals surface area contributed by atoms with Crippen LogP contribution in [0.5, 0.6) is 0 Å². The van der Waals surface area contributed by atoms with Crippen molar-refractivity contribution in [2.45, 2.75) is 18.2 Å². The number of anilines is 1. The van der Waals surface area contributed by atoms with Crippen molar-refractivity contribution in [3.8, 4) is 0 Å². The molecule has 21 heavy (non-hydrogen) atoms. The summed E-state index contributed by atoms with van der Waals surface area (Å²) in [7, 11) is 0. The van der Waals surface area contributed by atoms with Gasteiger partial charge in [0.1, 0.15) is 5.82 Å². The Balaban J connectivity index is 1.85. The summed E-state index contributed by atoms with van der Waals surface area (Å²) in [4.78, 5) is 11.4. The molecule has 1 unspecified atom stereocenters. The molecule has 0 radical (unpaired) electrons. The molecule has 1 amide bonds. The standard InChI is InChI=1S/C16H12Cl2FNO/c17-12-2-1-3-14(19)11(12)8-13(18)9-4-5-15-10(6-9)7-16(21)20-15/h1-6,13H,7-8H2,(H,20,21). The maximum absolute atomic E-state index is 13.8. The Kier molecular flexibility index (Phi) is 3.87. The molecule has 2 aromatic rings. The van der Waals surface area contributed by atoms with Gasteiger partial charge >= 0.3 is 0 Å². The van der Waals surface area contributed by atoms with E-state index in [4.69, 9.17) is 23.2 Å². The number of hydrogen-bond acceptors (Lipinski definition) is 1. The minimum Gasteiger partial charge on any atom is -0.326 e. The van der Waals surface area contributed by atoms with Crippen LogP contribution in [0, 0.1) is 5.82 Å². The van der Waals surface area contributed by atoms with Gasteiger partial charge in [-0.15, -0.1) is 11.6 Å². The van der Waals surface area contributed by atoms with Gasteiger partial charge in [-0.25, -0.2) is 4.39 Å². The second kappa shape index (κ2) is 5.66. The topological polar surface area (TPSA) is 29.1 Å². The summed E-state index contributed by atoms with van der Waals surface area (Å²) in [6.45, 7) is 0. The van der Waals surface area contributed by atoms with E-state index < -0.39 is 5.38 Å². The highest BCUT2D eigenvalue weighted by Crippen LogP contribution is 2.33. The summed E-state index contributed by atoms with van der Waals surface area (Å²) >= 11 is 12.4. The maximum atomic E-state index is 13.8. The third kappa shape index (κ3) is 2.89. The quantitative estimate of drug-likeness (QED) is 0.828. The third-order valence-electron chi connectivity index (χ3n) is 3.56. The molecule has 5 heteroatoms. The van der Waals surface area contributed by atoms with E-state index in [-0.39, 0.29) is 11.7 Å². The zero-order chi connectivity index (χ0) is 15.0. The Bertz CT molecular complexity index is 697. The fourth-order valence-corrected chi connectivity index (χ4v) is 3.00. The van der Waals surface area contributed by atoms with Gasteiger partial charge in [-0.2, -0.15) is 0 Å². The molecule has 0 fully saturated rings. The number of carbonyl (C=O) groups is 1. The molecule has 1 atom stereocenters. The normalized spacial score (nSPS) is 14.7. The number of alkyl halides is 1. The van der Waals surface area contributed by atoms with E-state index in [1.807, 2.05) is 18.2 Å². The molecule has 0 aromatic heterocycles. The van der Waals surface area contributed by atoms with Gasteiger partial charge in [0.15, 0.2) is 0 Å². The number of halogens is 3. The second-order valence-corrected chi connectivity index (χ2v) is 5.95. The van der Waals surface area contributed by atoms with Gasteiger partial charge in [0.05, 0.1) is 11.8 Å². The molecule has 1 aliphatic rings. The number of carbonyl (C=O) groups excluding carboxylic acids is 1. The van der Waals surface area contributed by atoms with E-state index in [2.05, 4.69) is 5.32 Å². The molecular formula is C16H12Cl2FNO. The van der Waals surface area contributed by atoms with Crippen molar-refractivity contribution in [3.05, 3.63) is 63.9 Å². The van der Waals surface area contributed by atoms with Gasteiger partial charge in [0.2, 0.25) is 5.91 Å². The first-order valence-electron chi connectivity index (χ1n) is 6.54. The van der Waals surface area contributed by atoms with Crippen molar-refractivity contribution in [3.63, 3.8) is 0 Å². The molecule has 2 nitrogen and oxygen atoms in total. The average Bonchev–Trinajstić information content (AvgIpc) is 2.81. The number of benzene rings is 2. The van der Waals surface area contributed by atoms with E-state index in [1.165, 1.54) is 6.07 Å². The van der Waals surface area contributed by atoms with Crippen LogP contribution in [-0.2, 0) is 17.6 Å². The van der Waals surface area contributed by atoms with Crippen LogP contribution in [0.15, 0.2) is 36.4 Å². The van der Waals surface area contributed by atoms with Crippen LogP contribution >= 0.6 is 23.2 Å². The largest absolute Gasteiger partial charge is 0.326 e. The van der Waals surface area contributed by atoms with Gasteiger partial charge in [-0.05, 0) is 35.7 Å². The van der Waals surface area contributed by atoms with E-state index in [0.717, 1.165) is 16.8 Å². The molecule has 3 rings (SSSR count). The zero-order valence-corrected chi connectivity index (χ0v) is 12.5. The molecule has 0 saturated carbocycles. The van der Waals surface area contributed by atoms with Gasteiger partial charge < -0.3 is 5.32 Å². The fourth-order valence-electron chi connectivity index (χ4n) is 2.47. The van der Waals surface area contributed by atoms with E-state index >= 15 is 0 Å². The van der Waals surface area contributed by atoms with Crippen molar-refractivity contribution < 1.29 is 9.18 Å². The van der Waals surface area contributed by atoms with Crippen LogP contribution in [0.4, 0.5) is 10.1 Å². The van der Waals surface area contributed by atoms with Crippen LogP contribution in [0.25, 0.3) is 0 Å². The zero-order valence-electron chi connectivity index (χ0n) is 11.0. The highest BCUT2D eigenvalue weighted by molar-refractivity contribution is 6.31. The van der Waals surface area contributed by atoms with Crippen LogP contribution in [0.2, 0.25) is 5.02 Å². The van der Waals surface area contributed by atoms with E-state index in [0.29, 0.717) is 23.4 Å². The van der Waals surface area contributed by atoms with Crippen molar-refractivity contribution in [1.82, 2.24) is 0 Å². The highest BCUT2D eigenvalue weighted by Gasteiger charge is 2.20. The Morgan fingerprint density at radius 2 is 2.10 bits per heavy atom. The van der Waals surface area contributed by atoms with Crippen LogP contribution in [0.3, 0.4) is 0 Å². The minimum atomic E-state index is -0.402. The molecule has 0 spiro atoms. The van der Waals surface area contributed by atoms with Crippen LogP contribution in [0.1, 0.15) is 22.1 Å². The SMILES string of the molecule is O=C1Cc2cc(C(Cl)Cc3c(F)cccc3Cl)ccc2N1. The van der Waals surface area contributed by atoms with Crippen molar-refractivity contribution >= 4 is 34.8 Å². The molecular weight excluding hydrogens is 312 g/mol. The summed E-state index contributed by atoms with van der Waals surface area (Å²) in [5.41, 5.74) is 3.00. The van der Waals surface area contributed by atoms with Crippen LogP contribution in [-0.4, -0.2) is 5.91 Å². The maximum Gasteiger partial charge on any atom is 0.228 e. The lowest BCUT2D eigenvalue weighted by molar-refractivity contribution is -0.115. The highest BCUT2D eigenvalue weighted by atomic mass is 35.5. The van der Waals surface area contributed by atoms with E-state index in [9.17, 15) is 9.18 Å². The summed E-state index contributed by atoms with van der Waals surface area (Å²) < 4.78 is 13.8. The first-order chi connectivity index (χ1) is 10.0. The molecule has 1 N–H and O–H groups in total. The number of rotatable bonds is 3. The van der Waals surface area contributed by atoms with Crippen molar-refractivity contribution in [1.29, 1.82) is 0 Å². The average molecular weight is 324 g/mol. The number of hydrogen-bond donors (Lipinski definition) is 1. The predicted octanol–water partition coefficient (Wildman–Crippen LogP) is 4.50. The fraction of sp³-hybridized carbons (Fsp3) is 0.188. The molecule has 0 saturated heterocycles. The Labute approximate surface area is 131 Å². The van der Waals surface area contributed by atoms with Gasteiger partial charge in [0, 0.05) is 16.3 Å². The minimum absolute atomic E-state index is 0.0228. The third-order valence-corrected chi connectivity index (χ3v) is 4.32. The molecule has 0 bridgehead atoms. The Morgan fingerprint density at radius 3 is 2.86 bits per heavy atom. The number of nitrogens with one attached hydrogen (secondary N) is 1. The molecule has 2 aromatic carbocycles. The smallest absolute Gasteiger partial charge is 0.228 e. The molecule has 1 heterocycles. The first kappa shape index (κ1) is 14.4. The Morgan fingerprint density at radius 1 is 1.29 bits per heavy atom. The molecule has 1 aliphatic heterocycles. The van der Waals surface area contributed by atoms with Gasteiger partial charge in [0.25, 0.3) is 0 Å². The monoisotopic (exact) mass is 323 g/mol. The second-order valence-electron chi connectivity index (χ2n) is 5.01. The summed E-state index contributed by atoms with van der Waals surface area (Å²) in [6, 6.07) is 10.1. The Hall–Kier alpha value is -1.58. The van der Waals surface area contributed by atoms with Crippen LogP contribution < -0.4 is 5.32 Å². The first-order valence-corrected chi connectivity index (χ1v) is 7.35. The predicted molar refractivity (Wildman–Crippen MR) is 82.5 cm³/mol. The lowest BCUT2D eigenvalue weighted by atomic mass is 10.0. The summed E-state index contributed by atoms with van der Waals surface area (Å²) in [5.74, 6) is -0.378. The lowest BCUT2D eigenvalue weighted by Crippen LogP contribution is -2.03. The van der Waals surface area contributed by atoms with Crippen molar-refractivity contribution in [2.24, 2.45) is 0 Å². The number of fused-ring (bicyclic) bond motifs is 1. The molecule has 0 aliphatic carbocycles.